The Morgan fingerprint density at radius 3 is 2.53 bits per heavy atom. The molecule has 0 fully saturated rings. The summed E-state index contributed by atoms with van der Waals surface area (Å²) in [7, 11) is 1.21. The van der Waals surface area contributed by atoms with E-state index in [2.05, 4.69) is 4.74 Å². The van der Waals surface area contributed by atoms with Gasteiger partial charge in [-0.2, -0.15) is 8.78 Å². The molecule has 94 valence electrons. The number of alkyl halides is 2. The Morgan fingerprint density at radius 2 is 2.06 bits per heavy atom. The van der Waals surface area contributed by atoms with E-state index in [1.165, 1.54) is 19.2 Å². The first-order valence-corrected chi connectivity index (χ1v) is 4.48. The van der Waals surface area contributed by atoms with Crippen LogP contribution in [0.25, 0.3) is 0 Å². The van der Waals surface area contributed by atoms with Crippen molar-refractivity contribution in [2.24, 2.45) is 0 Å². The molecule has 0 aliphatic carbocycles. The summed E-state index contributed by atoms with van der Waals surface area (Å²) in [6, 6.07) is 3.68. The van der Waals surface area contributed by atoms with Gasteiger partial charge in [0.1, 0.15) is 0 Å². The standard InChI is InChI=1S/C10H10F2O5/c1-16-8-4-6(5-13)2-3-7(8)17-10(11,12)9(14)15/h2-4,13H,5H2,1H3,(H,14,15). The van der Waals surface area contributed by atoms with Gasteiger partial charge in [0.05, 0.1) is 13.7 Å². The van der Waals surface area contributed by atoms with Gasteiger partial charge in [0, 0.05) is 0 Å². The van der Waals surface area contributed by atoms with Crippen LogP contribution in [0.2, 0.25) is 0 Å². The lowest BCUT2D eigenvalue weighted by Gasteiger charge is -2.16. The zero-order chi connectivity index (χ0) is 13.1. The zero-order valence-corrected chi connectivity index (χ0v) is 8.81. The highest BCUT2D eigenvalue weighted by Gasteiger charge is 2.43. The van der Waals surface area contributed by atoms with Crippen LogP contribution in [0.15, 0.2) is 18.2 Å². The molecule has 0 aromatic heterocycles. The molecule has 0 aliphatic heterocycles. The molecular weight excluding hydrogens is 238 g/mol. The fourth-order valence-electron chi connectivity index (χ4n) is 1.08. The molecular formula is C10H10F2O5. The van der Waals surface area contributed by atoms with Crippen LogP contribution >= 0.6 is 0 Å². The molecule has 0 bridgehead atoms. The highest BCUT2D eigenvalue weighted by molar-refractivity contribution is 5.74. The SMILES string of the molecule is COc1cc(CO)ccc1OC(F)(F)C(=O)O. The first-order chi connectivity index (χ1) is 7.90. The number of hydrogen-bond acceptors (Lipinski definition) is 4. The van der Waals surface area contributed by atoms with Crippen molar-refractivity contribution >= 4 is 5.97 Å². The number of aliphatic hydroxyl groups excluding tert-OH is 1. The Bertz CT molecular complexity index is 419. The molecule has 2 N–H and O–H groups in total. The number of ether oxygens (including phenoxy) is 2. The van der Waals surface area contributed by atoms with Crippen LogP contribution in [-0.4, -0.2) is 29.4 Å². The number of carboxylic acid groups (broad SMARTS) is 1. The van der Waals surface area contributed by atoms with Gasteiger partial charge in [-0.1, -0.05) is 6.07 Å². The van der Waals surface area contributed by atoms with Crippen molar-refractivity contribution in [3.63, 3.8) is 0 Å². The number of hydrogen-bond donors (Lipinski definition) is 2. The minimum atomic E-state index is -4.34. The van der Waals surface area contributed by atoms with Crippen molar-refractivity contribution in [1.29, 1.82) is 0 Å². The molecule has 0 heterocycles. The largest absolute Gasteiger partial charge is 0.502 e. The van der Waals surface area contributed by atoms with Crippen LogP contribution < -0.4 is 9.47 Å². The van der Waals surface area contributed by atoms with Crippen molar-refractivity contribution in [2.75, 3.05) is 7.11 Å². The zero-order valence-electron chi connectivity index (χ0n) is 8.81. The third kappa shape index (κ3) is 3.04. The fraction of sp³-hybridized carbons (Fsp3) is 0.300. The second-order valence-electron chi connectivity index (χ2n) is 3.07. The molecule has 1 rings (SSSR count). The summed E-state index contributed by atoms with van der Waals surface area (Å²) in [4.78, 5) is 10.2. The maximum Gasteiger partial charge on any atom is 0.502 e. The van der Waals surface area contributed by atoms with Crippen LogP contribution in [0.1, 0.15) is 5.56 Å². The summed E-state index contributed by atoms with van der Waals surface area (Å²) < 4.78 is 34.4. The summed E-state index contributed by atoms with van der Waals surface area (Å²) in [5.74, 6) is -2.90. The highest BCUT2D eigenvalue weighted by atomic mass is 19.3. The highest BCUT2D eigenvalue weighted by Crippen LogP contribution is 2.32. The number of halogens is 2. The molecule has 1 aromatic rings. The third-order valence-electron chi connectivity index (χ3n) is 1.90. The van der Waals surface area contributed by atoms with Crippen LogP contribution in [0, 0.1) is 0 Å². The Labute approximate surface area is 95.2 Å². The van der Waals surface area contributed by atoms with Crippen LogP contribution in [0.4, 0.5) is 8.78 Å². The summed E-state index contributed by atoms with van der Waals surface area (Å²) in [5.41, 5.74) is 0.424. The van der Waals surface area contributed by atoms with E-state index in [-0.39, 0.29) is 12.4 Å². The number of aliphatic hydroxyl groups is 1. The van der Waals surface area contributed by atoms with E-state index in [0.717, 1.165) is 6.07 Å². The fourth-order valence-corrected chi connectivity index (χ4v) is 1.08. The van der Waals surface area contributed by atoms with E-state index in [1.807, 2.05) is 0 Å². The predicted molar refractivity (Wildman–Crippen MR) is 52.1 cm³/mol. The number of carboxylic acids is 1. The van der Waals surface area contributed by atoms with Crippen LogP contribution in [-0.2, 0) is 11.4 Å². The predicted octanol–water partition coefficient (Wildman–Crippen LogP) is 1.24. The van der Waals surface area contributed by atoms with Gasteiger partial charge < -0.3 is 19.7 Å². The van der Waals surface area contributed by atoms with E-state index in [9.17, 15) is 13.6 Å². The van der Waals surface area contributed by atoms with E-state index < -0.39 is 17.8 Å². The molecule has 5 nitrogen and oxygen atoms in total. The lowest BCUT2D eigenvalue weighted by molar-refractivity contribution is -0.211. The molecule has 17 heavy (non-hydrogen) atoms. The average molecular weight is 248 g/mol. The summed E-state index contributed by atoms with van der Waals surface area (Å²) in [5, 5.41) is 17.0. The second-order valence-corrected chi connectivity index (χ2v) is 3.07. The first kappa shape index (κ1) is 13.2. The molecule has 0 unspecified atom stereocenters. The summed E-state index contributed by atoms with van der Waals surface area (Å²) >= 11 is 0. The Morgan fingerprint density at radius 1 is 1.41 bits per heavy atom. The molecule has 0 radical (unpaired) electrons. The quantitative estimate of drug-likeness (QED) is 0.820. The van der Waals surface area contributed by atoms with E-state index in [0.29, 0.717) is 5.56 Å². The summed E-state index contributed by atoms with van der Waals surface area (Å²) in [6.45, 7) is -0.300. The second kappa shape index (κ2) is 4.96. The van der Waals surface area contributed by atoms with Gasteiger partial charge in [0.2, 0.25) is 0 Å². The van der Waals surface area contributed by atoms with Crippen molar-refractivity contribution in [3.05, 3.63) is 23.8 Å². The van der Waals surface area contributed by atoms with E-state index >= 15 is 0 Å². The molecule has 0 saturated heterocycles. The van der Waals surface area contributed by atoms with E-state index in [4.69, 9.17) is 14.9 Å². The van der Waals surface area contributed by atoms with Crippen molar-refractivity contribution in [3.8, 4) is 11.5 Å². The lowest BCUT2D eigenvalue weighted by atomic mass is 10.2. The average Bonchev–Trinajstić information content (AvgIpc) is 2.29. The molecule has 0 amide bonds. The van der Waals surface area contributed by atoms with Gasteiger partial charge in [-0.3, -0.25) is 0 Å². The molecule has 0 atom stereocenters. The number of benzene rings is 1. The topological polar surface area (TPSA) is 76.0 Å². The number of carbonyl (C=O) groups is 1. The minimum Gasteiger partial charge on any atom is -0.493 e. The van der Waals surface area contributed by atoms with Gasteiger partial charge >= 0.3 is 12.1 Å². The van der Waals surface area contributed by atoms with Gasteiger partial charge in [0.25, 0.3) is 0 Å². The Balaban J connectivity index is 3.02. The summed E-state index contributed by atoms with van der Waals surface area (Å²) in [6.07, 6.45) is -4.34. The van der Waals surface area contributed by atoms with Crippen LogP contribution in [0.3, 0.4) is 0 Å². The van der Waals surface area contributed by atoms with Crippen molar-refractivity contribution in [1.82, 2.24) is 0 Å². The number of rotatable bonds is 5. The minimum absolute atomic E-state index is 0.0857. The molecule has 7 heteroatoms. The lowest BCUT2D eigenvalue weighted by Crippen LogP contribution is -2.34. The maximum absolute atomic E-state index is 12.8. The Hall–Kier alpha value is -1.89. The monoisotopic (exact) mass is 248 g/mol. The normalized spacial score (nSPS) is 11.1. The van der Waals surface area contributed by atoms with Crippen molar-refractivity contribution < 1.29 is 33.3 Å². The first-order valence-electron chi connectivity index (χ1n) is 4.48. The van der Waals surface area contributed by atoms with E-state index in [1.54, 1.807) is 0 Å². The molecule has 1 aromatic carbocycles. The van der Waals surface area contributed by atoms with Crippen LogP contribution in [0.5, 0.6) is 11.5 Å². The van der Waals surface area contributed by atoms with Gasteiger partial charge in [0.15, 0.2) is 11.5 Å². The van der Waals surface area contributed by atoms with Crippen molar-refractivity contribution in [2.45, 2.75) is 12.7 Å². The molecule has 0 saturated carbocycles. The smallest absolute Gasteiger partial charge is 0.493 e. The Kier molecular flexibility index (Phi) is 3.84. The van der Waals surface area contributed by atoms with Gasteiger partial charge in [-0.15, -0.1) is 0 Å². The molecule has 0 aliphatic rings. The van der Waals surface area contributed by atoms with Gasteiger partial charge in [-0.25, -0.2) is 4.79 Å². The third-order valence-corrected chi connectivity index (χ3v) is 1.90. The molecule has 0 spiro atoms. The van der Waals surface area contributed by atoms with Gasteiger partial charge in [-0.05, 0) is 17.7 Å². The maximum atomic E-state index is 12.8. The number of methoxy groups -OCH3 is 1. The number of aliphatic carboxylic acids is 1.